The van der Waals surface area contributed by atoms with Gasteiger partial charge in [-0.2, -0.15) is 4.31 Å². The number of piperidine rings is 1. The predicted octanol–water partition coefficient (Wildman–Crippen LogP) is 3.05. The molecule has 5 rings (SSSR count). The fourth-order valence-corrected chi connectivity index (χ4v) is 7.10. The third kappa shape index (κ3) is 7.40. The third-order valence-electron chi connectivity index (χ3n) is 8.76. The van der Waals surface area contributed by atoms with Gasteiger partial charge in [0, 0.05) is 63.1 Å². The molecule has 12 heteroatoms. The van der Waals surface area contributed by atoms with E-state index in [1.807, 2.05) is 6.07 Å². The van der Waals surface area contributed by atoms with Crippen LogP contribution in [-0.4, -0.2) is 104 Å². The average Bonchev–Trinajstić information content (AvgIpc) is 2.98. The summed E-state index contributed by atoms with van der Waals surface area (Å²) in [6.45, 7) is 6.74. The first-order valence-corrected chi connectivity index (χ1v) is 16.8. The van der Waals surface area contributed by atoms with Crippen molar-refractivity contribution in [1.82, 2.24) is 19.2 Å². The minimum absolute atomic E-state index is 0.190. The van der Waals surface area contributed by atoms with E-state index >= 15 is 0 Å². The first-order valence-electron chi connectivity index (χ1n) is 14.9. The fourth-order valence-electron chi connectivity index (χ4n) is 6.27. The molecule has 226 valence electrons. The number of ether oxygens (including phenoxy) is 1. The van der Waals surface area contributed by atoms with E-state index < -0.39 is 10.0 Å². The van der Waals surface area contributed by atoms with Crippen LogP contribution in [0.4, 0.5) is 23.0 Å². The van der Waals surface area contributed by atoms with E-state index in [4.69, 9.17) is 9.72 Å². The van der Waals surface area contributed by atoms with Crippen LogP contribution < -0.4 is 20.3 Å². The van der Waals surface area contributed by atoms with Crippen molar-refractivity contribution in [2.45, 2.75) is 70.1 Å². The molecule has 1 aliphatic carbocycles. The molecule has 1 saturated carbocycles. The Bertz CT molecular complexity index is 1270. The Balaban J connectivity index is 1.20. The number of aliphatic hydroxyl groups is 1. The number of aromatic nitrogens is 2. The number of nitrogens with zero attached hydrogens (tertiary/aromatic N) is 5. The second kappa shape index (κ2) is 13.1. The number of nitrogens with one attached hydrogen (secondary N) is 2. The molecule has 0 spiro atoms. The summed E-state index contributed by atoms with van der Waals surface area (Å²) in [5.74, 6) is 2.21. The summed E-state index contributed by atoms with van der Waals surface area (Å²) in [5.41, 5.74) is 2.90. The van der Waals surface area contributed by atoms with E-state index in [2.05, 4.69) is 44.5 Å². The maximum atomic E-state index is 11.8. The topological polar surface area (TPSA) is 123 Å². The number of anilines is 4. The van der Waals surface area contributed by atoms with Crippen LogP contribution in [0.15, 0.2) is 24.4 Å². The number of aliphatic hydroxyl groups excluding tert-OH is 1. The van der Waals surface area contributed by atoms with Crippen LogP contribution in [0.3, 0.4) is 0 Å². The number of sulfonamides is 1. The first-order chi connectivity index (χ1) is 19.7. The van der Waals surface area contributed by atoms with E-state index in [1.54, 1.807) is 17.6 Å². The van der Waals surface area contributed by atoms with Gasteiger partial charge >= 0.3 is 0 Å². The van der Waals surface area contributed by atoms with Crippen LogP contribution in [0.1, 0.15) is 51.1 Å². The fraction of sp³-hybridized carbons (Fsp3) is 0.655. The molecule has 0 atom stereocenters. The Morgan fingerprint density at radius 1 is 1.02 bits per heavy atom. The summed E-state index contributed by atoms with van der Waals surface area (Å²) in [5, 5.41) is 16.8. The van der Waals surface area contributed by atoms with Crippen LogP contribution in [0.2, 0.25) is 0 Å². The van der Waals surface area contributed by atoms with Crippen molar-refractivity contribution in [1.29, 1.82) is 0 Å². The van der Waals surface area contributed by atoms with Gasteiger partial charge in [0.1, 0.15) is 11.6 Å². The largest absolute Gasteiger partial charge is 0.494 e. The summed E-state index contributed by atoms with van der Waals surface area (Å²) in [4.78, 5) is 14.4. The minimum Gasteiger partial charge on any atom is -0.494 e. The summed E-state index contributed by atoms with van der Waals surface area (Å²) < 4.78 is 31.0. The summed E-state index contributed by atoms with van der Waals surface area (Å²) in [6, 6.07) is 7.02. The Morgan fingerprint density at radius 2 is 1.73 bits per heavy atom. The molecule has 0 radical (unpaired) electrons. The van der Waals surface area contributed by atoms with Crippen LogP contribution >= 0.6 is 0 Å². The van der Waals surface area contributed by atoms with Gasteiger partial charge in [0.2, 0.25) is 10.0 Å². The van der Waals surface area contributed by atoms with Gasteiger partial charge in [-0.25, -0.2) is 13.4 Å². The van der Waals surface area contributed by atoms with E-state index in [-0.39, 0.29) is 6.10 Å². The van der Waals surface area contributed by atoms with E-state index in [1.165, 1.54) is 6.26 Å². The monoisotopic (exact) mass is 587 g/mol. The minimum atomic E-state index is -3.11. The highest BCUT2D eigenvalue weighted by Gasteiger charge is 2.30. The van der Waals surface area contributed by atoms with Crippen molar-refractivity contribution in [3.8, 4) is 5.75 Å². The Labute approximate surface area is 244 Å². The Morgan fingerprint density at radius 3 is 2.37 bits per heavy atom. The number of piperazine rings is 1. The molecule has 0 unspecified atom stereocenters. The van der Waals surface area contributed by atoms with Crippen molar-refractivity contribution in [3.05, 3.63) is 30.1 Å². The molecular formula is C29H45N7O4S. The smallest absolute Gasteiger partial charge is 0.211 e. The van der Waals surface area contributed by atoms with Crippen LogP contribution in [0.25, 0.3) is 0 Å². The molecule has 1 aromatic heterocycles. The zero-order valence-corrected chi connectivity index (χ0v) is 25.4. The van der Waals surface area contributed by atoms with E-state index in [9.17, 15) is 13.5 Å². The zero-order chi connectivity index (χ0) is 29.0. The lowest BCUT2D eigenvalue weighted by atomic mass is 9.93. The number of aryl methyl sites for hydroxylation is 1. The van der Waals surface area contributed by atoms with Crippen molar-refractivity contribution in [2.24, 2.45) is 0 Å². The quantitative estimate of drug-likeness (QED) is 0.403. The molecule has 2 aliphatic heterocycles. The van der Waals surface area contributed by atoms with Gasteiger partial charge in [-0.05, 0) is 57.1 Å². The normalized spacial score (nSPS) is 23.4. The van der Waals surface area contributed by atoms with Crippen molar-refractivity contribution in [3.63, 3.8) is 0 Å². The first kappa shape index (κ1) is 29.8. The summed E-state index contributed by atoms with van der Waals surface area (Å²) >= 11 is 0. The number of rotatable bonds is 9. The van der Waals surface area contributed by atoms with E-state index in [0.29, 0.717) is 31.0 Å². The van der Waals surface area contributed by atoms with Gasteiger partial charge in [-0.15, -0.1) is 0 Å². The predicted molar refractivity (Wildman–Crippen MR) is 163 cm³/mol. The van der Waals surface area contributed by atoms with Crippen molar-refractivity contribution in [2.75, 3.05) is 68.2 Å². The highest BCUT2D eigenvalue weighted by Crippen LogP contribution is 2.34. The number of hydrogen-bond donors (Lipinski definition) is 3. The highest BCUT2D eigenvalue weighted by molar-refractivity contribution is 7.88. The maximum absolute atomic E-state index is 11.8. The van der Waals surface area contributed by atoms with Crippen LogP contribution in [0, 0.1) is 0 Å². The Hall–Kier alpha value is -2.67. The zero-order valence-electron chi connectivity index (χ0n) is 24.6. The molecule has 1 aromatic carbocycles. The van der Waals surface area contributed by atoms with Gasteiger partial charge in [0.15, 0.2) is 5.82 Å². The SMILES string of the molecule is CCc1ncc(Nc2ccc(N3CCC(N4CCN(S(C)(=O)=O)CC4)CC3)cc2OC)nc1N[C@H]1CC[C@H](O)CC1. The van der Waals surface area contributed by atoms with Crippen molar-refractivity contribution >= 4 is 33.0 Å². The van der Waals surface area contributed by atoms with E-state index in [0.717, 1.165) is 99.8 Å². The highest BCUT2D eigenvalue weighted by atomic mass is 32.2. The van der Waals surface area contributed by atoms with Crippen LogP contribution in [0.5, 0.6) is 5.75 Å². The van der Waals surface area contributed by atoms with Gasteiger partial charge < -0.3 is 25.4 Å². The molecule has 0 bridgehead atoms. The third-order valence-corrected chi connectivity index (χ3v) is 10.1. The number of methoxy groups -OCH3 is 1. The standard InChI is InChI=1S/C29H45N7O4S/c1-4-25-29(31-21-5-8-24(37)9-6-21)33-28(20-30-25)32-26-10-7-23(19-27(26)40-2)34-13-11-22(12-14-34)35-15-17-36(18-16-35)41(3,38)39/h7,10,19-22,24,37H,4-6,8-9,11-18H2,1-3H3,(H2,31,32,33)/t21-,24-. The number of hydrogen-bond acceptors (Lipinski definition) is 10. The Kier molecular flexibility index (Phi) is 9.52. The lowest BCUT2D eigenvalue weighted by Gasteiger charge is -2.42. The second-order valence-electron chi connectivity index (χ2n) is 11.5. The molecule has 2 aromatic rings. The molecule has 2 saturated heterocycles. The molecule has 0 amide bonds. The molecule has 3 heterocycles. The molecule has 41 heavy (non-hydrogen) atoms. The van der Waals surface area contributed by atoms with Gasteiger partial charge in [-0.1, -0.05) is 6.92 Å². The molecule has 3 N–H and O–H groups in total. The second-order valence-corrected chi connectivity index (χ2v) is 13.5. The lowest BCUT2D eigenvalue weighted by molar-refractivity contribution is 0.120. The molecule has 3 fully saturated rings. The van der Waals surface area contributed by atoms with Gasteiger partial charge in [-0.3, -0.25) is 9.88 Å². The van der Waals surface area contributed by atoms with Gasteiger partial charge in [0.05, 0.1) is 37.0 Å². The van der Waals surface area contributed by atoms with Crippen molar-refractivity contribution < 1.29 is 18.3 Å². The summed E-state index contributed by atoms with van der Waals surface area (Å²) in [6.07, 6.45) is 9.25. The van der Waals surface area contributed by atoms with Crippen LogP contribution in [-0.2, 0) is 16.4 Å². The lowest BCUT2D eigenvalue weighted by Crippen LogP contribution is -2.54. The molecule has 11 nitrogen and oxygen atoms in total. The summed E-state index contributed by atoms with van der Waals surface area (Å²) in [7, 11) is -1.42. The maximum Gasteiger partial charge on any atom is 0.211 e. The average molecular weight is 588 g/mol. The van der Waals surface area contributed by atoms with Gasteiger partial charge in [0.25, 0.3) is 0 Å². The molecular weight excluding hydrogens is 542 g/mol. The number of benzene rings is 1. The molecule has 3 aliphatic rings.